The molecule has 0 amide bonds. The Balaban J connectivity index is 0.00000256. The van der Waals surface area contributed by atoms with Crippen LogP contribution in [0.2, 0.25) is 5.02 Å². The molecule has 7 heteroatoms. The average molecular weight is 473 g/mol. The third kappa shape index (κ3) is 8.40. The van der Waals surface area contributed by atoms with Crippen LogP contribution < -0.4 is 5.32 Å². The zero-order valence-corrected chi connectivity index (χ0v) is 20.5. The first-order chi connectivity index (χ1) is 14.5. The minimum Gasteiger partial charge on any atom is -0.412 e. The van der Waals surface area contributed by atoms with Gasteiger partial charge in [-0.3, -0.25) is 0 Å². The van der Waals surface area contributed by atoms with Gasteiger partial charge in [0.05, 0.1) is 11.1 Å². The molecule has 5 N–H and O–H groups in total. The lowest BCUT2D eigenvalue weighted by Crippen LogP contribution is -2.47. The first-order valence-electron chi connectivity index (χ1n) is 11.6. The number of piperidine rings is 1. The molecule has 5 nitrogen and oxygen atoms in total. The quantitative estimate of drug-likeness (QED) is 0.551. The summed E-state index contributed by atoms with van der Waals surface area (Å²) < 4.78 is 18.9. The van der Waals surface area contributed by atoms with E-state index in [-0.39, 0.29) is 21.8 Å². The summed E-state index contributed by atoms with van der Waals surface area (Å²) in [6.45, 7) is 8.98. The number of rotatable bonds is 9. The predicted molar refractivity (Wildman–Crippen MR) is 131 cm³/mol. The number of methoxy groups -OCH3 is 1. The Morgan fingerprint density at radius 3 is 2.41 bits per heavy atom. The third-order valence-corrected chi connectivity index (χ3v) is 7.20. The highest BCUT2D eigenvalue weighted by Crippen LogP contribution is 2.30. The molecule has 0 saturated carbocycles. The van der Waals surface area contributed by atoms with Crippen LogP contribution in [0.5, 0.6) is 0 Å². The van der Waals surface area contributed by atoms with E-state index in [0.717, 1.165) is 45.4 Å². The van der Waals surface area contributed by atoms with Crippen molar-refractivity contribution in [2.24, 2.45) is 11.8 Å². The molecule has 2 aliphatic rings. The number of halogens is 2. The van der Waals surface area contributed by atoms with Crippen molar-refractivity contribution in [3.8, 4) is 0 Å². The van der Waals surface area contributed by atoms with Gasteiger partial charge in [0.1, 0.15) is 5.82 Å². The Labute approximate surface area is 198 Å². The van der Waals surface area contributed by atoms with Gasteiger partial charge in [0.15, 0.2) is 0 Å². The van der Waals surface area contributed by atoms with E-state index in [1.54, 1.807) is 7.11 Å². The Bertz CT molecular complexity index is 696. The van der Waals surface area contributed by atoms with E-state index in [0.29, 0.717) is 29.9 Å². The maximum absolute atomic E-state index is 13.4. The molecule has 1 aromatic carbocycles. The third-order valence-electron chi connectivity index (χ3n) is 6.91. The van der Waals surface area contributed by atoms with Gasteiger partial charge >= 0.3 is 0 Å². The molecule has 1 aromatic rings. The first-order valence-corrected chi connectivity index (χ1v) is 12.0. The molecule has 3 atom stereocenters. The zero-order valence-electron chi connectivity index (χ0n) is 19.7. The molecule has 3 rings (SSSR count). The number of benzene rings is 1. The van der Waals surface area contributed by atoms with Crippen LogP contribution in [-0.4, -0.2) is 61.3 Å². The van der Waals surface area contributed by atoms with Gasteiger partial charge in [-0.1, -0.05) is 43.7 Å². The SMILES string of the molecule is COC1C=CC(CCN[C@@H](CN2CCC(c3ccc(F)c(Cl)c3)CC2)C(C)C)CC1.O.O. The summed E-state index contributed by atoms with van der Waals surface area (Å²) >= 11 is 5.98. The predicted octanol–water partition coefficient (Wildman–Crippen LogP) is 3.99. The zero-order chi connectivity index (χ0) is 21.5. The second-order valence-electron chi connectivity index (χ2n) is 9.34. The van der Waals surface area contributed by atoms with Gasteiger partial charge in [0, 0.05) is 19.7 Å². The second kappa shape index (κ2) is 14.3. The second-order valence-corrected chi connectivity index (χ2v) is 9.75. The fourth-order valence-electron chi connectivity index (χ4n) is 4.75. The molecule has 1 aliphatic carbocycles. The van der Waals surface area contributed by atoms with E-state index in [4.69, 9.17) is 16.3 Å². The standard InChI is InChI=1S/C25H38ClFN2O.2H2O/c1-18(2)25(28-13-10-19-4-7-22(30-3)8-5-19)17-29-14-11-20(12-15-29)21-6-9-24(27)23(26)16-21;;/h4,6-7,9,16,18-20,22,25,28H,5,8,10-15,17H2,1-3H3;2*1H2/t19?,22?,25-;;/m0../s1. The van der Waals surface area contributed by atoms with Crippen LogP contribution in [0.3, 0.4) is 0 Å². The Morgan fingerprint density at radius 2 is 1.84 bits per heavy atom. The van der Waals surface area contributed by atoms with E-state index in [9.17, 15) is 4.39 Å². The highest BCUT2D eigenvalue weighted by Gasteiger charge is 2.24. The van der Waals surface area contributed by atoms with Gasteiger partial charge in [0.2, 0.25) is 0 Å². The molecule has 0 bridgehead atoms. The smallest absolute Gasteiger partial charge is 0.141 e. The number of hydrogen-bond donors (Lipinski definition) is 1. The first kappa shape index (κ1) is 29.0. The molecule has 32 heavy (non-hydrogen) atoms. The molecule has 2 unspecified atom stereocenters. The van der Waals surface area contributed by atoms with Gasteiger partial charge in [-0.25, -0.2) is 4.39 Å². The molecule has 1 saturated heterocycles. The number of likely N-dealkylation sites (tertiary alicyclic amines) is 1. The summed E-state index contributed by atoms with van der Waals surface area (Å²) in [6, 6.07) is 5.72. The Hall–Kier alpha value is -1.02. The lowest BCUT2D eigenvalue weighted by molar-refractivity contribution is 0.121. The summed E-state index contributed by atoms with van der Waals surface area (Å²) in [6.07, 6.45) is 10.7. The van der Waals surface area contributed by atoms with Crippen LogP contribution in [0.4, 0.5) is 4.39 Å². The van der Waals surface area contributed by atoms with Crippen molar-refractivity contribution in [1.82, 2.24) is 10.2 Å². The van der Waals surface area contributed by atoms with Crippen LogP contribution >= 0.6 is 11.6 Å². The van der Waals surface area contributed by atoms with Crippen molar-refractivity contribution < 1.29 is 20.1 Å². The fourth-order valence-corrected chi connectivity index (χ4v) is 4.94. The van der Waals surface area contributed by atoms with E-state index in [2.05, 4.69) is 36.2 Å². The van der Waals surface area contributed by atoms with Gasteiger partial charge in [-0.15, -0.1) is 0 Å². The minimum absolute atomic E-state index is 0. The van der Waals surface area contributed by atoms with Crippen LogP contribution in [-0.2, 0) is 4.74 Å². The normalized spacial score (nSPS) is 22.9. The summed E-state index contributed by atoms with van der Waals surface area (Å²) in [4.78, 5) is 2.59. The number of ether oxygens (including phenoxy) is 1. The summed E-state index contributed by atoms with van der Waals surface area (Å²) in [5, 5.41) is 4.07. The summed E-state index contributed by atoms with van der Waals surface area (Å²) in [5.41, 5.74) is 1.18. The van der Waals surface area contributed by atoms with Crippen molar-refractivity contribution in [3.05, 3.63) is 46.8 Å². The molecule has 1 aliphatic heterocycles. The lowest BCUT2D eigenvalue weighted by Gasteiger charge is -2.36. The lowest BCUT2D eigenvalue weighted by atomic mass is 9.89. The monoisotopic (exact) mass is 472 g/mol. The van der Waals surface area contributed by atoms with Crippen LogP contribution in [0.15, 0.2) is 30.4 Å². The van der Waals surface area contributed by atoms with Gasteiger partial charge < -0.3 is 25.9 Å². The van der Waals surface area contributed by atoms with E-state index in [1.165, 1.54) is 24.5 Å². The molecule has 0 spiro atoms. The van der Waals surface area contributed by atoms with Crippen molar-refractivity contribution in [2.45, 2.75) is 64.0 Å². The minimum atomic E-state index is -0.328. The van der Waals surface area contributed by atoms with E-state index >= 15 is 0 Å². The molecule has 0 aromatic heterocycles. The summed E-state index contributed by atoms with van der Waals surface area (Å²) in [7, 11) is 1.79. The average Bonchev–Trinajstić information content (AvgIpc) is 2.76. The van der Waals surface area contributed by atoms with Crippen molar-refractivity contribution in [1.29, 1.82) is 0 Å². The van der Waals surface area contributed by atoms with Crippen molar-refractivity contribution >= 4 is 11.6 Å². The maximum atomic E-state index is 13.4. The van der Waals surface area contributed by atoms with E-state index < -0.39 is 0 Å². The van der Waals surface area contributed by atoms with Crippen LogP contribution in [0.25, 0.3) is 0 Å². The largest absolute Gasteiger partial charge is 0.412 e. The molecule has 1 fully saturated rings. The number of nitrogens with one attached hydrogen (secondary N) is 1. The van der Waals surface area contributed by atoms with Crippen molar-refractivity contribution in [2.75, 3.05) is 33.3 Å². The molecular weight excluding hydrogens is 431 g/mol. The highest BCUT2D eigenvalue weighted by atomic mass is 35.5. The molecule has 184 valence electrons. The van der Waals surface area contributed by atoms with E-state index in [1.807, 2.05) is 12.1 Å². The molecule has 1 heterocycles. The number of nitrogens with zero attached hydrogens (tertiary/aromatic N) is 1. The topological polar surface area (TPSA) is 87.5 Å². The highest BCUT2D eigenvalue weighted by molar-refractivity contribution is 6.30. The van der Waals surface area contributed by atoms with Gasteiger partial charge in [-0.05, 0) is 87.2 Å². The molecular formula is C25H42ClFN2O3. The van der Waals surface area contributed by atoms with Gasteiger partial charge in [0.25, 0.3) is 0 Å². The van der Waals surface area contributed by atoms with Crippen LogP contribution in [0, 0.1) is 17.7 Å². The number of hydrogen-bond acceptors (Lipinski definition) is 3. The fraction of sp³-hybridized carbons (Fsp3) is 0.680. The van der Waals surface area contributed by atoms with Gasteiger partial charge in [-0.2, -0.15) is 0 Å². The Morgan fingerprint density at radius 1 is 1.12 bits per heavy atom. The van der Waals surface area contributed by atoms with Crippen LogP contribution in [0.1, 0.15) is 57.4 Å². The molecule has 0 radical (unpaired) electrons. The summed E-state index contributed by atoms with van der Waals surface area (Å²) in [5.74, 6) is 1.44. The number of allylic oxidation sites excluding steroid dienone is 1. The maximum Gasteiger partial charge on any atom is 0.141 e. The van der Waals surface area contributed by atoms with Crippen molar-refractivity contribution in [3.63, 3.8) is 0 Å². The Kier molecular flexibility index (Phi) is 13.0.